The fourth-order valence-corrected chi connectivity index (χ4v) is 1.84. The molecule has 0 saturated heterocycles. The second kappa shape index (κ2) is 25.2. The Labute approximate surface area is 190 Å². The Morgan fingerprint density at radius 1 is 1.00 bits per heavy atom. The first kappa shape index (κ1) is 37.1. The molecule has 0 saturated carbocycles. The molecule has 0 aliphatic rings. The normalized spacial score (nSPS) is 8.23. The van der Waals surface area contributed by atoms with Crippen LogP contribution in [0, 0.1) is 6.92 Å². The molecule has 0 aliphatic heterocycles. The van der Waals surface area contributed by atoms with Gasteiger partial charge in [-0.3, -0.25) is 0 Å². The first-order valence-electron chi connectivity index (χ1n) is 7.68. The molecule has 0 heterocycles. The molecule has 4 N–H and O–H groups in total. The smallest absolute Gasteiger partial charge is 0.673 e. The molecule has 26 heavy (non-hydrogen) atoms. The van der Waals surface area contributed by atoms with Crippen LogP contribution < -0.4 is 0 Å². The number of rotatable bonds is 0. The van der Waals surface area contributed by atoms with Crippen LogP contribution in [0.5, 0.6) is 0 Å². The summed E-state index contributed by atoms with van der Waals surface area (Å²) in [6, 6.07) is 10.7. The number of nitrogens with one attached hydrogen (secondary N) is 1. The average molecular weight is 526 g/mol. The molecule has 0 unspecified atom stereocenters. The molecule has 0 amide bonds. The van der Waals surface area contributed by atoms with E-state index < -0.39 is 0 Å². The van der Waals surface area contributed by atoms with Gasteiger partial charge in [-0.05, 0) is 4.47 Å². The van der Waals surface area contributed by atoms with Crippen LogP contribution in [0.3, 0.4) is 0 Å². The summed E-state index contributed by atoms with van der Waals surface area (Å²) in [5.74, 6) is 0. The predicted molar refractivity (Wildman–Crippen MR) is 118 cm³/mol. The summed E-state index contributed by atoms with van der Waals surface area (Å²) >= 11 is 3.51. The van der Waals surface area contributed by atoms with Gasteiger partial charge < -0.3 is 21.1 Å². The summed E-state index contributed by atoms with van der Waals surface area (Å²) in [4.78, 5) is 0. The van der Waals surface area contributed by atoms with Crippen molar-refractivity contribution in [3.05, 3.63) is 46.1 Å². The van der Waals surface area contributed by atoms with Gasteiger partial charge >= 0.3 is 26.2 Å². The van der Waals surface area contributed by atoms with Gasteiger partial charge in [-0.2, -0.15) is 6.07 Å². The van der Waals surface area contributed by atoms with Gasteiger partial charge in [0.1, 0.15) is 0 Å². The Morgan fingerprint density at radius 2 is 1.35 bits per heavy atom. The topological polar surface area (TPSA) is 84.5 Å². The van der Waals surface area contributed by atoms with Crippen molar-refractivity contribution in [3.63, 3.8) is 0 Å². The molecule has 0 atom stereocenters. The number of aliphatic hydroxyl groups is 3. The Morgan fingerprint density at radius 3 is 1.65 bits per heavy atom. The number of fused-ring (bicyclic) bond motifs is 1. The van der Waals surface area contributed by atoms with E-state index >= 15 is 0 Å². The van der Waals surface area contributed by atoms with Crippen molar-refractivity contribution in [1.29, 1.82) is 0 Å². The van der Waals surface area contributed by atoms with Crippen LogP contribution in [-0.2, 0) is 26.2 Å². The van der Waals surface area contributed by atoms with E-state index in [0.29, 0.717) is 0 Å². The maximum Gasteiger partial charge on any atom is 2.00 e. The maximum absolute atomic E-state index is 7.00. The largest absolute Gasteiger partial charge is 2.00 e. The summed E-state index contributed by atoms with van der Waals surface area (Å²) in [7, 11) is 4.08. The molecule has 2 radical (unpaired) electrons. The van der Waals surface area contributed by atoms with Gasteiger partial charge in [-0.25, -0.2) is 0 Å². The number of halogens is 1. The second-order valence-corrected chi connectivity index (χ2v) is 7.38. The summed E-state index contributed by atoms with van der Waals surface area (Å²) in [5, 5.41) is 23.6. The van der Waals surface area contributed by atoms with E-state index in [-0.39, 0.29) is 31.7 Å². The second-order valence-electron chi connectivity index (χ2n) is 5.53. The van der Waals surface area contributed by atoms with Crippen LogP contribution >= 0.6 is 15.9 Å². The van der Waals surface area contributed by atoms with Crippen LogP contribution in [0.2, 0.25) is 13.1 Å². The van der Waals surface area contributed by atoms with E-state index in [2.05, 4.69) is 66.3 Å². The van der Waals surface area contributed by atoms with Crippen molar-refractivity contribution in [2.24, 2.45) is 0 Å². The van der Waals surface area contributed by atoms with Crippen molar-refractivity contribution < 1.29 is 41.5 Å². The van der Waals surface area contributed by atoms with Crippen molar-refractivity contribution in [2.45, 2.75) is 46.3 Å². The fraction of sp³-hybridized carbons (Fsp3) is 0.526. The van der Waals surface area contributed by atoms with E-state index in [1.807, 2.05) is 20.8 Å². The number of aryl methyl sites for hydroxylation is 1. The third-order valence-corrected chi connectivity index (χ3v) is 2.53. The summed E-state index contributed by atoms with van der Waals surface area (Å²) in [6.45, 7) is 12.0. The average Bonchev–Trinajstić information content (AvgIpc) is 2.94. The molecule has 2 aromatic rings. The molecule has 150 valence electrons. The van der Waals surface area contributed by atoms with Crippen LogP contribution in [0.4, 0.5) is 0 Å². The van der Waals surface area contributed by atoms with Gasteiger partial charge in [0.05, 0.1) is 0 Å². The first-order chi connectivity index (χ1) is 11.7. The van der Waals surface area contributed by atoms with Gasteiger partial charge in [0.2, 0.25) is 0 Å². The van der Waals surface area contributed by atoms with E-state index in [4.69, 9.17) is 21.1 Å². The van der Waals surface area contributed by atoms with Gasteiger partial charge in [-0.15, -0.1) is 40.1 Å². The first-order valence-corrected chi connectivity index (χ1v) is 10.5. The number of aliphatic hydroxyl groups excluding tert-OH is 3. The van der Waals surface area contributed by atoms with Gasteiger partial charge in [0, 0.05) is 30.8 Å². The van der Waals surface area contributed by atoms with E-state index in [0.717, 1.165) is 30.8 Å². The molecule has 0 aromatic heterocycles. The van der Waals surface area contributed by atoms with E-state index in [9.17, 15) is 0 Å². The van der Waals surface area contributed by atoms with Crippen LogP contribution in [0.25, 0.3) is 16.5 Å². The zero-order chi connectivity index (χ0) is 21.1. The predicted octanol–water partition coefficient (Wildman–Crippen LogP) is 5.08. The molecule has 2 rings (SSSR count). The minimum absolute atomic E-state index is 0. The molecule has 0 spiro atoms. The van der Waals surface area contributed by atoms with E-state index in [1.54, 1.807) is 0 Å². The third kappa shape index (κ3) is 26.5. The van der Waals surface area contributed by atoms with Gasteiger partial charge in [0.15, 0.2) is 0 Å². The van der Waals surface area contributed by atoms with Gasteiger partial charge in [-0.1, -0.05) is 62.8 Å². The minimum atomic E-state index is -0.250. The molecular weight excluding hydrogens is 489 g/mol. The number of hydrogen-bond donors (Lipinski definition) is 3. The standard InChI is InChI=1S/C10H8Br.C4H10N.C2H6Si.3CH4O.Zr/c1-7-5-8-3-2-4-10(11)9(8)6-7;1-4(2,3)5;1-3-2;3*1-2;/h2-6H,1H3;5H,1-3H3;1-2H3;3*2H,1H3;/q2*-1;;;;;+2. The van der Waals surface area contributed by atoms with Crippen LogP contribution in [-0.4, -0.2) is 51.7 Å². The third-order valence-electron chi connectivity index (χ3n) is 1.84. The van der Waals surface area contributed by atoms with Crippen molar-refractivity contribution >= 4 is 36.2 Å². The maximum atomic E-state index is 7.00. The molecule has 0 bridgehead atoms. The zero-order valence-electron chi connectivity index (χ0n) is 17.6. The summed E-state index contributed by atoms with van der Waals surface area (Å²) in [6.07, 6.45) is 0. The van der Waals surface area contributed by atoms with Crippen molar-refractivity contribution in [3.8, 4) is 0 Å². The minimum Gasteiger partial charge on any atom is -0.673 e. The zero-order valence-corrected chi connectivity index (χ0v) is 22.7. The van der Waals surface area contributed by atoms with Gasteiger partial charge in [0.25, 0.3) is 0 Å². The summed E-state index contributed by atoms with van der Waals surface area (Å²) < 4.78 is 1.18. The number of hydrogen-bond acceptors (Lipinski definition) is 3. The van der Waals surface area contributed by atoms with Crippen LogP contribution in [0.15, 0.2) is 34.8 Å². The molecule has 0 fully saturated rings. The molecule has 0 aliphatic carbocycles. The fourth-order valence-electron chi connectivity index (χ4n) is 1.35. The monoisotopic (exact) mass is 523 g/mol. The molecule has 4 nitrogen and oxygen atoms in total. The SMILES string of the molecule is CC(C)(C)[NH-].CO.CO.CO.C[Si]C.Cc1cc2c(Br)cccc2[cH-]1.[Zr+2]. The Balaban J connectivity index is -0.0000000842. The van der Waals surface area contributed by atoms with Crippen molar-refractivity contribution in [2.75, 3.05) is 21.3 Å². The van der Waals surface area contributed by atoms with Crippen molar-refractivity contribution in [1.82, 2.24) is 0 Å². The van der Waals surface area contributed by atoms with E-state index in [1.165, 1.54) is 20.8 Å². The molecule has 7 heteroatoms. The molecule has 2 aromatic carbocycles. The Bertz CT molecular complexity index is 497. The quantitative estimate of drug-likeness (QED) is 0.331. The Kier molecular flexibility index (Phi) is 36.0. The molecular formula is C19H36BrNO3SiZr. The van der Waals surface area contributed by atoms with Crippen LogP contribution in [0.1, 0.15) is 26.3 Å². The Hall–Kier alpha value is 0.250. The number of benzene rings is 1. The summed E-state index contributed by atoms with van der Waals surface area (Å²) in [5.41, 5.74) is 8.01.